The van der Waals surface area contributed by atoms with Crippen LogP contribution in [0.25, 0.3) is 0 Å². The lowest BCUT2D eigenvalue weighted by molar-refractivity contribution is 0.0717. The van der Waals surface area contributed by atoms with Crippen LogP contribution in [-0.2, 0) is 11.3 Å². The average Bonchev–Trinajstić information content (AvgIpc) is 3.18. The zero-order valence-corrected chi connectivity index (χ0v) is 14.7. The molecule has 2 aliphatic heterocycles. The zero-order chi connectivity index (χ0) is 17.8. The number of hydrogen-bond donors (Lipinski definition) is 0. The summed E-state index contributed by atoms with van der Waals surface area (Å²) < 4.78 is 11.4. The topological polar surface area (TPSA) is 91.3 Å². The van der Waals surface area contributed by atoms with Crippen LogP contribution in [0.15, 0.2) is 22.7 Å². The lowest BCUT2D eigenvalue weighted by atomic mass is 10.0. The number of aromatic nitrogens is 3. The van der Waals surface area contributed by atoms with Gasteiger partial charge in [0.25, 0.3) is 0 Å². The Morgan fingerprint density at radius 1 is 1.23 bits per heavy atom. The summed E-state index contributed by atoms with van der Waals surface area (Å²) in [5, 5.41) is 17.7. The molecule has 8 heteroatoms. The van der Waals surface area contributed by atoms with Crippen LogP contribution in [0.2, 0.25) is 0 Å². The van der Waals surface area contributed by atoms with Crippen molar-refractivity contribution in [1.29, 1.82) is 5.26 Å². The molecule has 2 aliphatic rings. The highest BCUT2D eigenvalue weighted by Gasteiger charge is 2.24. The van der Waals surface area contributed by atoms with Gasteiger partial charge < -0.3 is 14.1 Å². The first kappa shape index (κ1) is 16.9. The fraction of sp³-hybridized carbons (Fsp3) is 0.556. The van der Waals surface area contributed by atoms with Gasteiger partial charge in [-0.2, -0.15) is 5.26 Å². The number of piperazine rings is 1. The minimum atomic E-state index is 0.232. The van der Waals surface area contributed by atoms with E-state index >= 15 is 0 Å². The van der Waals surface area contributed by atoms with E-state index in [9.17, 15) is 5.26 Å². The summed E-state index contributed by atoms with van der Waals surface area (Å²) in [4.78, 5) is 8.82. The quantitative estimate of drug-likeness (QED) is 0.817. The van der Waals surface area contributed by atoms with Crippen molar-refractivity contribution in [3.8, 4) is 6.07 Å². The number of rotatable bonds is 4. The predicted octanol–water partition coefficient (Wildman–Crippen LogP) is 1.55. The molecular formula is C18H22N6O2. The van der Waals surface area contributed by atoms with Gasteiger partial charge >= 0.3 is 0 Å². The molecule has 2 aromatic heterocycles. The highest BCUT2D eigenvalue weighted by molar-refractivity contribution is 5.53. The molecule has 136 valence electrons. The van der Waals surface area contributed by atoms with Gasteiger partial charge in [0.1, 0.15) is 11.9 Å². The molecule has 0 aliphatic carbocycles. The molecule has 0 spiro atoms. The summed E-state index contributed by atoms with van der Waals surface area (Å²) in [7, 11) is 0. The Morgan fingerprint density at radius 3 is 2.88 bits per heavy atom. The summed E-state index contributed by atoms with van der Waals surface area (Å²) >= 11 is 0. The average molecular weight is 354 g/mol. The van der Waals surface area contributed by atoms with Crippen LogP contribution in [0, 0.1) is 11.3 Å². The van der Waals surface area contributed by atoms with Crippen molar-refractivity contribution in [2.75, 3.05) is 44.3 Å². The van der Waals surface area contributed by atoms with Crippen molar-refractivity contribution < 1.29 is 9.15 Å². The van der Waals surface area contributed by atoms with Crippen LogP contribution in [0.1, 0.15) is 36.1 Å². The number of ether oxygens (including phenoxy) is 1. The first-order valence-electron chi connectivity index (χ1n) is 9.06. The lowest BCUT2D eigenvalue weighted by Gasteiger charge is -2.34. The summed E-state index contributed by atoms with van der Waals surface area (Å²) in [5.74, 6) is 2.36. The Balaban J connectivity index is 1.33. The number of hydrogen-bond acceptors (Lipinski definition) is 8. The highest BCUT2D eigenvalue weighted by atomic mass is 16.5. The summed E-state index contributed by atoms with van der Waals surface area (Å²) in [6.45, 7) is 5.53. The van der Waals surface area contributed by atoms with E-state index in [1.54, 1.807) is 12.3 Å². The molecule has 1 atom stereocenters. The molecule has 2 aromatic rings. The summed E-state index contributed by atoms with van der Waals surface area (Å²) in [5.41, 5.74) is 0.622. The van der Waals surface area contributed by atoms with Crippen molar-refractivity contribution >= 4 is 5.82 Å². The van der Waals surface area contributed by atoms with E-state index in [-0.39, 0.29) is 5.92 Å². The van der Waals surface area contributed by atoms with Crippen molar-refractivity contribution in [3.05, 3.63) is 35.7 Å². The third-order valence-corrected chi connectivity index (χ3v) is 4.93. The minimum Gasteiger partial charge on any atom is -0.423 e. The maximum Gasteiger partial charge on any atom is 0.230 e. The van der Waals surface area contributed by atoms with Crippen LogP contribution >= 0.6 is 0 Å². The number of pyridine rings is 1. The first-order chi connectivity index (χ1) is 12.8. The number of nitriles is 1. The third-order valence-electron chi connectivity index (χ3n) is 4.93. The number of anilines is 1. The Morgan fingerprint density at radius 2 is 2.12 bits per heavy atom. The minimum absolute atomic E-state index is 0.232. The van der Waals surface area contributed by atoms with Crippen molar-refractivity contribution in [2.24, 2.45) is 0 Å². The standard InChI is InChI=1S/C18H22N6O2/c19-11-14-3-1-5-20-17(14)24-8-6-23(7-9-24)12-16-21-22-18(26-16)15-4-2-10-25-13-15/h1,3,5,15H,2,4,6-10,12-13H2. The van der Waals surface area contributed by atoms with Gasteiger partial charge in [0.15, 0.2) is 0 Å². The van der Waals surface area contributed by atoms with Gasteiger partial charge in [0.2, 0.25) is 11.8 Å². The van der Waals surface area contributed by atoms with Crippen LogP contribution in [0.3, 0.4) is 0 Å². The normalized spacial score (nSPS) is 21.5. The molecule has 2 saturated heterocycles. The molecule has 4 rings (SSSR count). The third kappa shape index (κ3) is 3.69. The van der Waals surface area contributed by atoms with Gasteiger partial charge in [-0.15, -0.1) is 10.2 Å². The van der Waals surface area contributed by atoms with E-state index in [0.29, 0.717) is 30.5 Å². The Kier molecular flexibility index (Phi) is 5.09. The van der Waals surface area contributed by atoms with Gasteiger partial charge in [-0.25, -0.2) is 4.98 Å². The Bertz CT molecular complexity index is 772. The molecule has 1 unspecified atom stereocenters. The van der Waals surface area contributed by atoms with E-state index in [2.05, 4.69) is 31.1 Å². The highest BCUT2D eigenvalue weighted by Crippen LogP contribution is 2.24. The van der Waals surface area contributed by atoms with E-state index in [0.717, 1.165) is 51.4 Å². The monoisotopic (exact) mass is 354 g/mol. The molecule has 26 heavy (non-hydrogen) atoms. The predicted molar refractivity (Wildman–Crippen MR) is 93.5 cm³/mol. The largest absolute Gasteiger partial charge is 0.423 e. The van der Waals surface area contributed by atoms with Crippen LogP contribution in [0.5, 0.6) is 0 Å². The molecule has 2 fully saturated rings. The molecule has 8 nitrogen and oxygen atoms in total. The second kappa shape index (κ2) is 7.81. The van der Waals surface area contributed by atoms with Crippen molar-refractivity contribution in [1.82, 2.24) is 20.1 Å². The molecule has 0 bridgehead atoms. The van der Waals surface area contributed by atoms with E-state index in [1.165, 1.54) is 0 Å². The smallest absolute Gasteiger partial charge is 0.230 e. The van der Waals surface area contributed by atoms with Crippen LogP contribution in [-0.4, -0.2) is 59.5 Å². The molecular weight excluding hydrogens is 332 g/mol. The maximum atomic E-state index is 9.24. The van der Waals surface area contributed by atoms with Crippen LogP contribution < -0.4 is 4.90 Å². The lowest BCUT2D eigenvalue weighted by Crippen LogP contribution is -2.46. The summed E-state index contributed by atoms with van der Waals surface area (Å²) in [6, 6.07) is 5.82. The maximum absolute atomic E-state index is 9.24. The molecule has 0 N–H and O–H groups in total. The second-order valence-corrected chi connectivity index (χ2v) is 6.70. The summed E-state index contributed by atoms with van der Waals surface area (Å²) in [6.07, 6.45) is 3.83. The number of nitrogens with zero attached hydrogens (tertiary/aromatic N) is 6. The fourth-order valence-corrected chi connectivity index (χ4v) is 3.48. The Labute approximate surface area is 152 Å². The van der Waals surface area contributed by atoms with Crippen molar-refractivity contribution in [3.63, 3.8) is 0 Å². The molecule has 0 amide bonds. The second-order valence-electron chi connectivity index (χ2n) is 6.70. The first-order valence-corrected chi connectivity index (χ1v) is 9.06. The molecule has 4 heterocycles. The van der Waals surface area contributed by atoms with Gasteiger partial charge in [-0.05, 0) is 25.0 Å². The Hall–Kier alpha value is -2.50. The van der Waals surface area contributed by atoms with Crippen molar-refractivity contribution in [2.45, 2.75) is 25.3 Å². The van der Waals surface area contributed by atoms with Gasteiger partial charge in [-0.3, -0.25) is 4.90 Å². The van der Waals surface area contributed by atoms with Crippen LogP contribution in [0.4, 0.5) is 5.82 Å². The SMILES string of the molecule is N#Cc1cccnc1N1CCN(Cc2nnc(C3CCCOC3)o2)CC1. The van der Waals surface area contributed by atoms with Gasteiger partial charge in [0.05, 0.1) is 24.6 Å². The molecule has 0 saturated carbocycles. The zero-order valence-electron chi connectivity index (χ0n) is 14.7. The van der Waals surface area contributed by atoms with Gasteiger partial charge in [0, 0.05) is 39.0 Å². The van der Waals surface area contributed by atoms with E-state index < -0.39 is 0 Å². The van der Waals surface area contributed by atoms with Gasteiger partial charge in [-0.1, -0.05) is 0 Å². The van der Waals surface area contributed by atoms with E-state index in [4.69, 9.17) is 9.15 Å². The van der Waals surface area contributed by atoms with E-state index in [1.807, 2.05) is 6.07 Å². The molecule has 0 aromatic carbocycles. The molecule has 0 radical (unpaired) electrons. The fourth-order valence-electron chi connectivity index (χ4n) is 3.48.